The Morgan fingerprint density at radius 2 is 1.77 bits per heavy atom. The van der Waals surface area contributed by atoms with E-state index in [9.17, 15) is 0 Å². The van der Waals surface area contributed by atoms with Gasteiger partial charge in [0.05, 0.1) is 0 Å². The molecule has 3 nitrogen and oxygen atoms in total. The maximum absolute atomic E-state index is 3.63. The van der Waals surface area contributed by atoms with Gasteiger partial charge in [-0.1, -0.05) is 42.0 Å². The minimum Gasteiger partial charge on any atom is -0.311 e. The van der Waals surface area contributed by atoms with Crippen LogP contribution in [-0.4, -0.2) is 61.7 Å². The molecule has 0 saturated carbocycles. The summed E-state index contributed by atoms with van der Waals surface area (Å²) in [6.45, 7) is 13.6. The molecule has 0 atom stereocenters. The van der Waals surface area contributed by atoms with Crippen molar-refractivity contribution >= 4 is 6.08 Å². The molecular weight excluding hydrogens is 270 g/mol. The molecule has 1 aromatic carbocycles. The predicted octanol–water partition coefficient (Wildman–Crippen LogP) is 2.71. The lowest BCUT2D eigenvalue weighted by atomic mass is 10.0. The van der Waals surface area contributed by atoms with Crippen LogP contribution in [0.1, 0.15) is 26.3 Å². The number of rotatable bonds is 6. The summed E-state index contributed by atoms with van der Waals surface area (Å²) < 4.78 is 0. The molecule has 0 amide bonds. The van der Waals surface area contributed by atoms with Gasteiger partial charge < -0.3 is 10.2 Å². The minimum atomic E-state index is 0.217. The van der Waals surface area contributed by atoms with E-state index in [1.165, 1.54) is 37.3 Å². The molecule has 1 fully saturated rings. The van der Waals surface area contributed by atoms with Crippen molar-refractivity contribution in [3.8, 4) is 0 Å². The number of nitrogens with zero attached hydrogens (tertiary/aromatic N) is 2. The van der Waals surface area contributed by atoms with E-state index < -0.39 is 0 Å². The molecule has 0 radical (unpaired) electrons. The van der Waals surface area contributed by atoms with Crippen LogP contribution in [0, 0.1) is 0 Å². The smallest absolute Gasteiger partial charge is 0.0278 e. The van der Waals surface area contributed by atoms with Crippen LogP contribution in [0.25, 0.3) is 6.08 Å². The van der Waals surface area contributed by atoms with E-state index in [1.807, 2.05) is 0 Å². The summed E-state index contributed by atoms with van der Waals surface area (Å²) in [6, 6.07) is 10.5. The monoisotopic (exact) mass is 301 g/mol. The first-order chi connectivity index (χ1) is 10.5. The zero-order chi connectivity index (χ0) is 16.0. The first-order valence-electron chi connectivity index (χ1n) is 8.34. The summed E-state index contributed by atoms with van der Waals surface area (Å²) in [4.78, 5) is 5.02. The van der Waals surface area contributed by atoms with Gasteiger partial charge in [-0.2, -0.15) is 0 Å². The molecule has 0 bridgehead atoms. The Labute approximate surface area is 136 Å². The SMILES string of the molecule is C/C(=C/c1ccccc1)CNCC(C)(C)N1CCN(C)CC1. The van der Waals surface area contributed by atoms with Crippen molar-refractivity contribution in [2.75, 3.05) is 46.3 Å². The lowest BCUT2D eigenvalue weighted by Crippen LogP contribution is -2.57. The third-order valence-corrected chi connectivity index (χ3v) is 4.53. The van der Waals surface area contributed by atoms with Gasteiger partial charge in [-0.15, -0.1) is 0 Å². The highest BCUT2D eigenvalue weighted by Gasteiger charge is 2.28. The van der Waals surface area contributed by atoms with Gasteiger partial charge in [0, 0.05) is 44.8 Å². The van der Waals surface area contributed by atoms with Crippen LogP contribution in [0.15, 0.2) is 35.9 Å². The average molecular weight is 301 g/mol. The van der Waals surface area contributed by atoms with Gasteiger partial charge in [-0.3, -0.25) is 4.90 Å². The number of likely N-dealkylation sites (N-methyl/N-ethyl adjacent to an activating group) is 1. The molecule has 2 rings (SSSR count). The van der Waals surface area contributed by atoms with Crippen LogP contribution in [-0.2, 0) is 0 Å². The molecule has 0 spiro atoms. The Balaban J connectivity index is 1.78. The molecule has 1 aliphatic rings. The van der Waals surface area contributed by atoms with E-state index in [2.05, 4.69) is 79.3 Å². The van der Waals surface area contributed by atoms with Gasteiger partial charge in [0.25, 0.3) is 0 Å². The summed E-state index contributed by atoms with van der Waals surface area (Å²) in [5, 5.41) is 3.63. The Hall–Kier alpha value is -1.16. The lowest BCUT2D eigenvalue weighted by Gasteiger charge is -2.43. The zero-order valence-electron chi connectivity index (χ0n) is 14.6. The van der Waals surface area contributed by atoms with Crippen LogP contribution in [0.3, 0.4) is 0 Å². The first kappa shape index (κ1) is 17.2. The van der Waals surface area contributed by atoms with E-state index in [0.29, 0.717) is 0 Å². The Morgan fingerprint density at radius 1 is 1.14 bits per heavy atom. The minimum absolute atomic E-state index is 0.217. The largest absolute Gasteiger partial charge is 0.311 e. The molecule has 1 heterocycles. The number of benzene rings is 1. The zero-order valence-corrected chi connectivity index (χ0v) is 14.6. The topological polar surface area (TPSA) is 18.5 Å². The van der Waals surface area contributed by atoms with Crippen molar-refractivity contribution < 1.29 is 0 Å². The molecule has 3 heteroatoms. The van der Waals surface area contributed by atoms with Gasteiger partial charge in [-0.05, 0) is 33.4 Å². The molecule has 1 aliphatic heterocycles. The second-order valence-electron chi connectivity index (χ2n) is 7.11. The highest BCUT2D eigenvalue weighted by atomic mass is 15.3. The number of hydrogen-bond donors (Lipinski definition) is 1. The van der Waals surface area contributed by atoms with E-state index in [1.54, 1.807) is 0 Å². The second kappa shape index (κ2) is 7.91. The van der Waals surface area contributed by atoms with Crippen molar-refractivity contribution in [2.24, 2.45) is 0 Å². The van der Waals surface area contributed by atoms with Crippen LogP contribution in [0.2, 0.25) is 0 Å². The number of piperazine rings is 1. The lowest BCUT2D eigenvalue weighted by molar-refractivity contribution is 0.0625. The van der Waals surface area contributed by atoms with Crippen molar-refractivity contribution in [3.05, 3.63) is 41.5 Å². The van der Waals surface area contributed by atoms with E-state index in [-0.39, 0.29) is 5.54 Å². The molecular formula is C19H31N3. The third kappa shape index (κ3) is 5.24. The summed E-state index contributed by atoms with van der Waals surface area (Å²) >= 11 is 0. The quantitative estimate of drug-likeness (QED) is 0.871. The summed E-state index contributed by atoms with van der Waals surface area (Å²) in [5.41, 5.74) is 2.87. The first-order valence-corrected chi connectivity index (χ1v) is 8.34. The van der Waals surface area contributed by atoms with Crippen LogP contribution in [0.5, 0.6) is 0 Å². The molecule has 1 N–H and O–H groups in total. The number of nitrogens with one attached hydrogen (secondary N) is 1. The molecule has 1 saturated heterocycles. The van der Waals surface area contributed by atoms with Gasteiger partial charge in [0.1, 0.15) is 0 Å². The van der Waals surface area contributed by atoms with Crippen molar-refractivity contribution in [3.63, 3.8) is 0 Å². The van der Waals surface area contributed by atoms with E-state index in [0.717, 1.165) is 13.1 Å². The highest BCUT2D eigenvalue weighted by molar-refractivity contribution is 5.52. The molecule has 1 aromatic rings. The Bertz CT molecular complexity index is 471. The van der Waals surface area contributed by atoms with Gasteiger partial charge in [0.15, 0.2) is 0 Å². The van der Waals surface area contributed by atoms with Crippen LogP contribution >= 0.6 is 0 Å². The third-order valence-electron chi connectivity index (χ3n) is 4.53. The number of hydrogen-bond acceptors (Lipinski definition) is 3. The summed E-state index contributed by atoms with van der Waals surface area (Å²) in [7, 11) is 2.21. The fourth-order valence-corrected chi connectivity index (χ4v) is 2.97. The Morgan fingerprint density at radius 3 is 2.41 bits per heavy atom. The average Bonchev–Trinajstić information content (AvgIpc) is 2.48. The maximum atomic E-state index is 3.63. The van der Waals surface area contributed by atoms with Crippen molar-refractivity contribution in [1.82, 2.24) is 15.1 Å². The normalized spacial score (nSPS) is 18.6. The van der Waals surface area contributed by atoms with Gasteiger partial charge in [0.2, 0.25) is 0 Å². The predicted molar refractivity (Wildman–Crippen MR) is 96.1 cm³/mol. The maximum Gasteiger partial charge on any atom is 0.0278 e. The fourth-order valence-electron chi connectivity index (χ4n) is 2.97. The van der Waals surface area contributed by atoms with Crippen molar-refractivity contribution in [1.29, 1.82) is 0 Å². The summed E-state index contributed by atoms with van der Waals surface area (Å²) in [6.07, 6.45) is 2.26. The van der Waals surface area contributed by atoms with Gasteiger partial charge >= 0.3 is 0 Å². The molecule has 0 aromatic heterocycles. The van der Waals surface area contributed by atoms with Crippen LogP contribution < -0.4 is 5.32 Å². The van der Waals surface area contributed by atoms with E-state index in [4.69, 9.17) is 0 Å². The van der Waals surface area contributed by atoms with E-state index >= 15 is 0 Å². The molecule has 0 aliphatic carbocycles. The fraction of sp³-hybridized carbons (Fsp3) is 0.579. The van der Waals surface area contributed by atoms with Crippen molar-refractivity contribution in [2.45, 2.75) is 26.3 Å². The standard InChI is InChI=1S/C19H31N3/c1-17(14-18-8-6-5-7-9-18)15-20-16-19(2,3)22-12-10-21(4)11-13-22/h5-9,14,20H,10-13,15-16H2,1-4H3/b17-14-. The molecule has 122 valence electrons. The van der Waals surface area contributed by atoms with Crippen LogP contribution in [0.4, 0.5) is 0 Å². The summed E-state index contributed by atoms with van der Waals surface area (Å²) in [5.74, 6) is 0. The molecule has 0 unspecified atom stereocenters. The second-order valence-corrected chi connectivity index (χ2v) is 7.11. The highest BCUT2D eigenvalue weighted by Crippen LogP contribution is 2.16. The molecule has 22 heavy (non-hydrogen) atoms. The van der Waals surface area contributed by atoms with Gasteiger partial charge in [-0.25, -0.2) is 0 Å². The Kier molecular flexibility index (Phi) is 6.18.